The van der Waals surface area contributed by atoms with Gasteiger partial charge in [0.2, 0.25) is 12.7 Å². The van der Waals surface area contributed by atoms with Crippen LogP contribution in [0.3, 0.4) is 0 Å². The molecule has 0 spiro atoms. The zero-order chi connectivity index (χ0) is 18.8. The SMILES string of the molecule is O=C(CCCn1c(=S)[nH]c2cc3c(cc2c1=O)OCO3)NCC1CCCO1. The highest BCUT2D eigenvalue weighted by Gasteiger charge is 2.18. The molecule has 2 aromatic rings. The van der Waals surface area contributed by atoms with Crippen molar-refractivity contribution >= 4 is 29.0 Å². The van der Waals surface area contributed by atoms with Crippen molar-refractivity contribution in [3.63, 3.8) is 0 Å². The Labute approximate surface area is 160 Å². The van der Waals surface area contributed by atoms with Crippen LogP contribution in [0, 0.1) is 4.77 Å². The monoisotopic (exact) mass is 391 g/mol. The minimum absolute atomic E-state index is 0.0439. The molecule has 8 nitrogen and oxygen atoms in total. The van der Waals surface area contributed by atoms with Crippen LogP contribution >= 0.6 is 12.2 Å². The number of aromatic amines is 1. The molecule has 2 aliphatic rings. The van der Waals surface area contributed by atoms with Crippen LogP contribution in [0.2, 0.25) is 0 Å². The zero-order valence-corrected chi connectivity index (χ0v) is 15.6. The highest BCUT2D eigenvalue weighted by molar-refractivity contribution is 7.71. The van der Waals surface area contributed by atoms with Crippen molar-refractivity contribution in [3.05, 3.63) is 27.3 Å². The molecule has 27 heavy (non-hydrogen) atoms. The van der Waals surface area contributed by atoms with E-state index in [-0.39, 0.29) is 24.4 Å². The molecule has 1 fully saturated rings. The highest BCUT2D eigenvalue weighted by Crippen LogP contribution is 2.34. The summed E-state index contributed by atoms with van der Waals surface area (Å²) in [5, 5.41) is 3.36. The maximum atomic E-state index is 12.8. The van der Waals surface area contributed by atoms with Crippen molar-refractivity contribution < 1.29 is 19.0 Å². The lowest BCUT2D eigenvalue weighted by Crippen LogP contribution is -2.32. The van der Waals surface area contributed by atoms with Gasteiger partial charge in [-0.3, -0.25) is 14.2 Å². The topological polar surface area (TPSA) is 94.6 Å². The van der Waals surface area contributed by atoms with Crippen molar-refractivity contribution in [3.8, 4) is 11.5 Å². The number of hydrogen-bond donors (Lipinski definition) is 2. The van der Waals surface area contributed by atoms with Crippen LogP contribution in [0.25, 0.3) is 10.9 Å². The highest BCUT2D eigenvalue weighted by atomic mass is 32.1. The number of hydrogen-bond acceptors (Lipinski definition) is 6. The van der Waals surface area contributed by atoms with Gasteiger partial charge in [0.1, 0.15) is 0 Å². The number of carbonyl (C=O) groups is 1. The lowest BCUT2D eigenvalue weighted by molar-refractivity contribution is -0.121. The minimum atomic E-state index is -0.202. The van der Waals surface area contributed by atoms with E-state index in [4.69, 9.17) is 26.4 Å². The summed E-state index contributed by atoms with van der Waals surface area (Å²) in [4.78, 5) is 27.8. The molecule has 2 aliphatic heterocycles. The maximum Gasteiger partial charge on any atom is 0.262 e. The van der Waals surface area contributed by atoms with Gasteiger partial charge in [0.15, 0.2) is 16.3 Å². The van der Waals surface area contributed by atoms with Crippen molar-refractivity contribution in [2.45, 2.75) is 38.3 Å². The number of benzene rings is 1. The molecule has 1 aromatic carbocycles. The lowest BCUT2D eigenvalue weighted by Gasteiger charge is -2.11. The quantitative estimate of drug-likeness (QED) is 0.730. The molecule has 0 bridgehead atoms. The third-order valence-electron chi connectivity index (χ3n) is 4.81. The fourth-order valence-electron chi connectivity index (χ4n) is 3.36. The molecule has 2 N–H and O–H groups in total. The first kappa shape index (κ1) is 18.0. The number of H-pyrrole nitrogens is 1. The number of nitrogens with zero attached hydrogens (tertiary/aromatic N) is 1. The Morgan fingerprint density at radius 1 is 1.33 bits per heavy atom. The maximum absolute atomic E-state index is 12.8. The van der Waals surface area contributed by atoms with Gasteiger partial charge in [-0.2, -0.15) is 0 Å². The summed E-state index contributed by atoms with van der Waals surface area (Å²) >= 11 is 5.32. The van der Waals surface area contributed by atoms with Crippen LogP contribution in [-0.4, -0.2) is 41.5 Å². The Hall–Kier alpha value is -2.39. The smallest absolute Gasteiger partial charge is 0.262 e. The standard InChI is InChI=1S/C18H21N3O5S/c22-16(19-9-11-3-2-6-24-11)4-1-5-21-17(23)12-7-14-15(26-10-25-14)8-13(12)20-18(21)27/h7-8,11H,1-6,9-10H2,(H,19,22)(H,20,27). The number of fused-ring (bicyclic) bond motifs is 2. The van der Waals surface area contributed by atoms with Crippen LogP contribution in [0.15, 0.2) is 16.9 Å². The number of nitrogens with one attached hydrogen (secondary N) is 2. The van der Waals surface area contributed by atoms with Gasteiger partial charge in [0.25, 0.3) is 5.56 Å². The van der Waals surface area contributed by atoms with E-state index in [1.165, 1.54) is 4.57 Å². The number of aromatic nitrogens is 2. The van der Waals surface area contributed by atoms with Gasteiger partial charge in [0.05, 0.1) is 17.0 Å². The molecule has 9 heteroatoms. The molecule has 144 valence electrons. The van der Waals surface area contributed by atoms with Crippen LogP contribution in [0.1, 0.15) is 25.7 Å². The Bertz CT molecular complexity index is 977. The van der Waals surface area contributed by atoms with Crippen LogP contribution in [0.4, 0.5) is 0 Å². The molecule has 3 heterocycles. The molecule has 0 radical (unpaired) electrons. The zero-order valence-electron chi connectivity index (χ0n) is 14.8. The van der Waals surface area contributed by atoms with Crippen LogP contribution in [0.5, 0.6) is 11.5 Å². The minimum Gasteiger partial charge on any atom is -0.454 e. The van der Waals surface area contributed by atoms with E-state index in [1.54, 1.807) is 12.1 Å². The van der Waals surface area contributed by atoms with E-state index in [1.807, 2.05) is 0 Å². The van der Waals surface area contributed by atoms with E-state index in [0.29, 0.717) is 53.1 Å². The number of ether oxygens (including phenoxy) is 3. The van der Waals surface area contributed by atoms with Gasteiger partial charge in [-0.1, -0.05) is 0 Å². The second-order valence-electron chi connectivity index (χ2n) is 6.68. The van der Waals surface area contributed by atoms with Gasteiger partial charge in [-0.15, -0.1) is 0 Å². The normalized spacial score (nSPS) is 18.1. The first-order valence-corrected chi connectivity index (χ1v) is 9.47. The van der Waals surface area contributed by atoms with Crippen molar-refractivity contribution in [1.29, 1.82) is 0 Å². The molecule has 4 rings (SSSR count). The summed E-state index contributed by atoms with van der Waals surface area (Å²) in [5.74, 6) is 1.09. The Morgan fingerprint density at radius 2 is 2.15 bits per heavy atom. The molecule has 1 aromatic heterocycles. The molecule has 1 amide bonds. The van der Waals surface area contributed by atoms with Gasteiger partial charge < -0.3 is 24.5 Å². The summed E-state index contributed by atoms with van der Waals surface area (Å²) in [6.45, 7) is 1.82. The predicted octanol–water partition coefficient (Wildman–Crippen LogP) is 1.86. The van der Waals surface area contributed by atoms with Gasteiger partial charge >= 0.3 is 0 Å². The second-order valence-corrected chi connectivity index (χ2v) is 7.07. The average molecular weight is 391 g/mol. The number of carbonyl (C=O) groups excluding carboxylic acids is 1. The molecular formula is C18H21N3O5S. The second kappa shape index (κ2) is 7.69. The number of amides is 1. The molecular weight excluding hydrogens is 370 g/mol. The molecule has 1 unspecified atom stereocenters. The summed E-state index contributed by atoms with van der Waals surface area (Å²) in [6.07, 6.45) is 3.00. The van der Waals surface area contributed by atoms with E-state index in [9.17, 15) is 9.59 Å². The largest absolute Gasteiger partial charge is 0.454 e. The summed E-state index contributed by atoms with van der Waals surface area (Å²) in [6, 6.07) is 3.38. The Kier molecular flexibility index (Phi) is 5.13. The van der Waals surface area contributed by atoms with E-state index < -0.39 is 0 Å². The van der Waals surface area contributed by atoms with Gasteiger partial charge in [0, 0.05) is 32.2 Å². The summed E-state index contributed by atoms with van der Waals surface area (Å²) < 4.78 is 18.0. The molecule has 0 saturated carbocycles. The van der Waals surface area contributed by atoms with Crippen LogP contribution in [-0.2, 0) is 16.1 Å². The molecule has 0 aliphatic carbocycles. The summed E-state index contributed by atoms with van der Waals surface area (Å²) in [7, 11) is 0. The fourth-order valence-corrected chi connectivity index (χ4v) is 3.65. The fraction of sp³-hybridized carbons (Fsp3) is 0.500. The van der Waals surface area contributed by atoms with Crippen molar-refractivity contribution in [1.82, 2.24) is 14.9 Å². The van der Waals surface area contributed by atoms with Gasteiger partial charge in [-0.25, -0.2) is 0 Å². The first-order valence-electron chi connectivity index (χ1n) is 9.06. The van der Waals surface area contributed by atoms with E-state index in [0.717, 1.165) is 19.4 Å². The third kappa shape index (κ3) is 3.84. The number of rotatable bonds is 6. The Morgan fingerprint density at radius 3 is 2.93 bits per heavy atom. The molecule has 1 atom stereocenters. The molecule has 1 saturated heterocycles. The summed E-state index contributed by atoms with van der Waals surface area (Å²) in [5.41, 5.74) is 0.409. The third-order valence-corrected chi connectivity index (χ3v) is 5.13. The van der Waals surface area contributed by atoms with E-state index >= 15 is 0 Å². The van der Waals surface area contributed by atoms with Gasteiger partial charge in [-0.05, 0) is 37.5 Å². The lowest BCUT2D eigenvalue weighted by atomic mass is 10.2. The predicted molar refractivity (Wildman–Crippen MR) is 101 cm³/mol. The Balaban J connectivity index is 1.41. The average Bonchev–Trinajstić information content (AvgIpc) is 3.32. The van der Waals surface area contributed by atoms with E-state index in [2.05, 4.69) is 10.3 Å². The first-order chi connectivity index (χ1) is 13.1. The van der Waals surface area contributed by atoms with Crippen LogP contribution < -0.4 is 20.3 Å². The van der Waals surface area contributed by atoms with Crippen molar-refractivity contribution in [2.24, 2.45) is 0 Å². The van der Waals surface area contributed by atoms with Crippen molar-refractivity contribution in [2.75, 3.05) is 19.9 Å².